The van der Waals surface area contributed by atoms with Crippen LogP contribution in [0.15, 0.2) is 36.1 Å². The number of anilines is 1. The number of carbonyl (C=O) groups is 1. The molecule has 25 heavy (non-hydrogen) atoms. The van der Waals surface area contributed by atoms with Crippen LogP contribution in [0.2, 0.25) is 0 Å². The van der Waals surface area contributed by atoms with E-state index in [0.29, 0.717) is 24.7 Å². The van der Waals surface area contributed by atoms with Crippen LogP contribution >= 0.6 is 0 Å². The van der Waals surface area contributed by atoms with Crippen molar-refractivity contribution >= 4 is 11.9 Å². The van der Waals surface area contributed by atoms with Crippen LogP contribution in [-0.4, -0.2) is 53.1 Å². The Kier molecular flexibility index (Phi) is 7.13. The minimum Gasteiger partial charge on any atom is -0.380 e. The van der Waals surface area contributed by atoms with E-state index in [1.165, 1.54) is 5.57 Å². The molecule has 6 nitrogen and oxygen atoms in total. The number of rotatable bonds is 7. The van der Waals surface area contributed by atoms with Crippen molar-refractivity contribution in [2.45, 2.75) is 45.8 Å². The molecule has 0 bridgehead atoms. The minimum absolute atomic E-state index is 0.0613. The molecule has 2 atom stereocenters. The normalized spacial score (nSPS) is 19.4. The molecular formula is C19H28N4O2. The average molecular weight is 344 g/mol. The molecule has 0 unspecified atom stereocenters. The monoisotopic (exact) mass is 344 g/mol. The molecule has 1 aromatic heterocycles. The van der Waals surface area contributed by atoms with Crippen molar-refractivity contribution in [3.05, 3.63) is 41.8 Å². The standard InChI is InChI=1S/C19H28N4O2/c1-5-7-15(8-6-2)14(3)21-19-20-11-9-17(22-19)18(24)23-12-10-16(13-23)25-4/h5,7-9,11,14,16H,6,10,12-13H2,1-4H3,(H,20,21,22)/b7-5-,15-8+/t14-,16+/m0/s1. The van der Waals surface area contributed by atoms with Crippen molar-refractivity contribution in [1.29, 1.82) is 0 Å². The number of nitrogens with one attached hydrogen (secondary N) is 1. The highest BCUT2D eigenvalue weighted by atomic mass is 16.5. The van der Waals surface area contributed by atoms with Crippen LogP contribution < -0.4 is 5.32 Å². The van der Waals surface area contributed by atoms with Gasteiger partial charge in [-0.15, -0.1) is 0 Å². The summed E-state index contributed by atoms with van der Waals surface area (Å²) in [6, 6.07) is 1.72. The zero-order chi connectivity index (χ0) is 18.2. The van der Waals surface area contributed by atoms with Crippen LogP contribution in [-0.2, 0) is 4.74 Å². The van der Waals surface area contributed by atoms with Crippen LogP contribution in [0.3, 0.4) is 0 Å². The maximum absolute atomic E-state index is 12.6. The van der Waals surface area contributed by atoms with Gasteiger partial charge in [-0.3, -0.25) is 4.79 Å². The van der Waals surface area contributed by atoms with Crippen molar-refractivity contribution in [1.82, 2.24) is 14.9 Å². The van der Waals surface area contributed by atoms with Crippen molar-refractivity contribution in [3.8, 4) is 0 Å². The van der Waals surface area contributed by atoms with Crippen LogP contribution in [0.5, 0.6) is 0 Å². The van der Waals surface area contributed by atoms with Gasteiger partial charge in [0.05, 0.1) is 12.1 Å². The molecule has 0 saturated carbocycles. The number of amides is 1. The van der Waals surface area contributed by atoms with E-state index in [-0.39, 0.29) is 18.1 Å². The third kappa shape index (κ3) is 5.13. The lowest BCUT2D eigenvalue weighted by Crippen LogP contribution is -2.31. The first kappa shape index (κ1) is 19.1. The van der Waals surface area contributed by atoms with Gasteiger partial charge in [0, 0.05) is 26.4 Å². The fourth-order valence-corrected chi connectivity index (χ4v) is 2.91. The average Bonchev–Trinajstić information content (AvgIpc) is 3.10. The van der Waals surface area contributed by atoms with Crippen LogP contribution in [0.25, 0.3) is 0 Å². The molecule has 1 saturated heterocycles. The van der Waals surface area contributed by atoms with Gasteiger partial charge in [-0.25, -0.2) is 9.97 Å². The predicted octanol–water partition coefficient (Wildman–Crippen LogP) is 3.05. The smallest absolute Gasteiger partial charge is 0.272 e. The third-order valence-corrected chi connectivity index (χ3v) is 4.28. The highest BCUT2D eigenvalue weighted by molar-refractivity contribution is 5.92. The topological polar surface area (TPSA) is 67.4 Å². The van der Waals surface area contributed by atoms with E-state index in [0.717, 1.165) is 12.8 Å². The summed E-state index contributed by atoms with van der Waals surface area (Å²) >= 11 is 0. The Morgan fingerprint density at radius 3 is 3.00 bits per heavy atom. The molecule has 1 aromatic rings. The zero-order valence-corrected chi connectivity index (χ0v) is 15.5. The van der Waals surface area contributed by atoms with Gasteiger partial charge in [-0.1, -0.05) is 25.2 Å². The maximum Gasteiger partial charge on any atom is 0.272 e. The number of aromatic nitrogens is 2. The van der Waals surface area contributed by atoms with E-state index >= 15 is 0 Å². The number of likely N-dealkylation sites (tertiary alicyclic amines) is 1. The maximum atomic E-state index is 12.6. The van der Waals surface area contributed by atoms with Crippen LogP contribution in [0, 0.1) is 0 Å². The molecule has 2 heterocycles. The summed E-state index contributed by atoms with van der Waals surface area (Å²) in [5.74, 6) is 0.391. The molecule has 0 aromatic carbocycles. The highest BCUT2D eigenvalue weighted by Crippen LogP contribution is 2.16. The largest absolute Gasteiger partial charge is 0.380 e. The van der Waals surface area contributed by atoms with E-state index in [4.69, 9.17) is 4.74 Å². The van der Waals surface area contributed by atoms with Crippen molar-refractivity contribution in [3.63, 3.8) is 0 Å². The lowest BCUT2D eigenvalue weighted by Gasteiger charge is -2.18. The molecule has 1 amide bonds. The zero-order valence-electron chi connectivity index (χ0n) is 15.5. The molecule has 1 aliphatic rings. The second-order valence-electron chi connectivity index (χ2n) is 6.14. The highest BCUT2D eigenvalue weighted by Gasteiger charge is 2.27. The first-order valence-electron chi connectivity index (χ1n) is 8.83. The van der Waals surface area contributed by atoms with Crippen LogP contribution in [0.4, 0.5) is 5.95 Å². The Hall–Kier alpha value is -2.21. The second kappa shape index (κ2) is 9.32. The predicted molar refractivity (Wildman–Crippen MR) is 99.6 cm³/mol. The Labute approximate surface area is 150 Å². The molecule has 0 radical (unpaired) electrons. The molecule has 0 spiro atoms. The number of ether oxygens (including phenoxy) is 1. The van der Waals surface area contributed by atoms with Gasteiger partial charge in [-0.05, 0) is 38.3 Å². The number of hydrogen-bond donors (Lipinski definition) is 1. The molecule has 1 fully saturated rings. The molecular weight excluding hydrogens is 316 g/mol. The quantitative estimate of drug-likeness (QED) is 0.770. The van der Waals surface area contributed by atoms with Crippen molar-refractivity contribution in [2.75, 3.05) is 25.5 Å². The fourth-order valence-electron chi connectivity index (χ4n) is 2.91. The Morgan fingerprint density at radius 2 is 2.36 bits per heavy atom. The fraction of sp³-hybridized carbons (Fsp3) is 0.526. The molecule has 1 aliphatic heterocycles. The van der Waals surface area contributed by atoms with Gasteiger partial charge in [0.15, 0.2) is 0 Å². The molecule has 2 rings (SSSR count). The minimum atomic E-state index is -0.0737. The summed E-state index contributed by atoms with van der Waals surface area (Å²) < 4.78 is 5.32. The van der Waals surface area contributed by atoms with Crippen molar-refractivity contribution in [2.24, 2.45) is 0 Å². The molecule has 136 valence electrons. The van der Waals surface area contributed by atoms with E-state index in [2.05, 4.69) is 41.3 Å². The summed E-state index contributed by atoms with van der Waals surface area (Å²) in [5.41, 5.74) is 1.58. The SMILES string of the molecule is C/C=C\C(=C/CC)[C@H](C)Nc1nccc(C(=O)N2CC[C@@H](OC)C2)n1. The van der Waals surface area contributed by atoms with Crippen molar-refractivity contribution < 1.29 is 9.53 Å². The first-order valence-corrected chi connectivity index (χ1v) is 8.83. The van der Waals surface area contributed by atoms with Gasteiger partial charge in [0.1, 0.15) is 5.69 Å². The van der Waals surface area contributed by atoms with E-state index in [1.807, 2.05) is 13.0 Å². The number of hydrogen-bond acceptors (Lipinski definition) is 5. The number of nitrogens with zero attached hydrogens (tertiary/aromatic N) is 3. The first-order chi connectivity index (χ1) is 12.1. The molecule has 1 N–H and O–H groups in total. The number of methoxy groups -OCH3 is 1. The Bertz CT molecular complexity index is 642. The lowest BCUT2D eigenvalue weighted by atomic mass is 10.1. The molecule has 6 heteroatoms. The second-order valence-corrected chi connectivity index (χ2v) is 6.14. The number of allylic oxidation sites excluding steroid dienone is 2. The van der Waals surface area contributed by atoms with Gasteiger partial charge in [0.2, 0.25) is 5.95 Å². The third-order valence-electron chi connectivity index (χ3n) is 4.28. The van der Waals surface area contributed by atoms with E-state index in [9.17, 15) is 4.79 Å². The van der Waals surface area contributed by atoms with E-state index < -0.39 is 0 Å². The van der Waals surface area contributed by atoms with Gasteiger partial charge >= 0.3 is 0 Å². The molecule has 0 aliphatic carbocycles. The van der Waals surface area contributed by atoms with Gasteiger partial charge in [0.25, 0.3) is 5.91 Å². The number of carbonyl (C=O) groups excluding carboxylic acids is 1. The van der Waals surface area contributed by atoms with Crippen LogP contribution in [0.1, 0.15) is 44.1 Å². The lowest BCUT2D eigenvalue weighted by molar-refractivity contribution is 0.0719. The van der Waals surface area contributed by atoms with E-state index in [1.54, 1.807) is 24.3 Å². The summed E-state index contributed by atoms with van der Waals surface area (Å²) in [7, 11) is 1.68. The summed E-state index contributed by atoms with van der Waals surface area (Å²) in [5, 5.41) is 3.28. The van der Waals surface area contributed by atoms with Gasteiger partial charge < -0.3 is 15.0 Å². The summed E-state index contributed by atoms with van der Waals surface area (Å²) in [6.45, 7) is 7.47. The Morgan fingerprint density at radius 1 is 1.56 bits per heavy atom. The summed E-state index contributed by atoms with van der Waals surface area (Å²) in [6.07, 6.45) is 9.82. The Balaban J connectivity index is 2.08. The summed E-state index contributed by atoms with van der Waals surface area (Å²) in [4.78, 5) is 23.1. The van der Waals surface area contributed by atoms with Gasteiger partial charge in [-0.2, -0.15) is 0 Å².